The second-order valence-electron chi connectivity index (χ2n) is 2.82. The number of benzene rings is 1. The number of halogens is 1. The molecule has 0 aliphatic heterocycles. The summed E-state index contributed by atoms with van der Waals surface area (Å²) in [4.78, 5) is 9.90. The maximum Gasteiger partial charge on any atom is 0.330 e. The summed E-state index contributed by atoms with van der Waals surface area (Å²) in [6.07, 6.45) is 2.98. The van der Waals surface area contributed by atoms with Gasteiger partial charge in [0.2, 0.25) is 5.82 Å². The molecule has 1 aromatic carbocycles. The molecule has 0 spiro atoms. The summed E-state index contributed by atoms with van der Waals surface area (Å²) in [6, 6.07) is 5.49. The highest BCUT2D eigenvalue weighted by molar-refractivity contribution is 5.52. The summed E-state index contributed by atoms with van der Waals surface area (Å²) < 4.78 is 14.5. The minimum absolute atomic E-state index is 0.116. The van der Waals surface area contributed by atoms with Crippen LogP contribution in [0.5, 0.6) is 0 Å². The molecule has 2 rings (SSSR count). The molecule has 0 N–H and O–H groups in total. The molecule has 1 aromatic heterocycles. The topological polar surface area (TPSA) is 61.0 Å². The molecular formula is C9H6FN3O2. The van der Waals surface area contributed by atoms with E-state index in [4.69, 9.17) is 0 Å². The van der Waals surface area contributed by atoms with Crippen molar-refractivity contribution in [1.82, 2.24) is 9.78 Å². The van der Waals surface area contributed by atoms with E-state index >= 15 is 0 Å². The molecule has 0 saturated heterocycles. The first-order valence-corrected chi connectivity index (χ1v) is 4.13. The largest absolute Gasteiger partial charge is 0.330 e. The van der Waals surface area contributed by atoms with E-state index < -0.39 is 16.4 Å². The zero-order valence-electron chi connectivity index (χ0n) is 7.50. The number of hydrogen-bond acceptors (Lipinski definition) is 3. The molecule has 6 heteroatoms. The van der Waals surface area contributed by atoms with Gasteiger partial charge in [-0.3, -0.25) is 10.1 Å². The van der Waals surface area contributed by atoms with E-state index in [1.807, 2.05) is 0 Å². The van der Waals surface area contributed by atoms with Crippen molar-refractivity contribution in [3.63, 3.8) is 0 Å². The van der Waals surface area contributed by atoms with E-state index in [9.17, 15) is 14.5 Å². The molecule has 0 aliphatic carbocycles. The van der Waals surface area contributed by atoms with Crippen LogP contribution in [0.25, 0.3) is 5.69 Å². The summed E-state index contributed by atoms with van der Waals surface area (Å²) in [5, 5.41) is 14.5. The van der Waals surface area contributed by atoms with Gasteiger partial charge in [-0.05, 0) is 18.2 Å². The van der Waals surface area contributed by atoms with Gasteiger partial charge in [0, 0.05) is 12.4 Å². The van der Waals surface area contributed by atoms with Crippen molar-refractivity contribution in [2.45, 2.75) is 0 Å². The van der Waals surface area contributed by atoms with Gasteiger partial charge in [-0.15, -0.1) is 0 Å². The highest BCUT2D eigenvalue weighted by Gasteiger charge is 2.20. The predicted octanol–water partition coefficient (Wildman–Crippen LogP) is 1.92. The summed E-state index contributed by atoms with van der Waals surface area (Å²) in [7, 11) is 0. The SMILES string of the molecule is O=[N+]([O-])c1c(F)cccc1-n1cccn1. The Hall–Kier alpha value is -2.24. The summed E-state index contributed by atoms with van der Waals surface area (Å²) in [5.41, 5.74) is -0.453. The number of nitro benzene ring substituents is 1. The standard InChI is InChI=1S/C9H6FN3O2/c10-7-3-1-4-8(9(7)13(14)15)12-6-2-5-11-12/h1-6H. The maximum atomic E-state index is 13.2. The van der Waals surface area contributed by atoms with Crippen molar-refractivity contribution in [3.8, 4) is 5.69 Å². The van der Waals surface area contributed by atoms with Gasteiger partial charge >= 0.3 is 5.69 Å². The van der Waals surface area contributed by atoms with Gasteiger partial charge in [0.25, 0.3) is 0 Å². The lowest BCUT2D eigenvalue weighted by atomic mass is 10.2. The van der Waals surface area contributed by atoms with E-state index in [0.29, 0.717) is 0 Å². The molecule has 15 heavy (non-hydrogen) atoms. The van der Waals surface area contributed by atoms with E-state index in [0.717, 1.165) is 6.07 Å². The molecule has 0 aliphatic rings. The zero-order valence-corrected chi connectivity index (χ0v) is 7.50. The number of para-hydroxylation sites is 1. The number of rotatable bonds is 2. The van der Waals surface area contributed by atoms with E-state index in [1.165, 1.54) is 29.2 Å². The van der Waals surface area contributed by atoms with Crippen LogP contribution in [0.3, 0.4) is 0 Å². The fraction of sp³-hybridized carbons (Fsp3) is 0. The number of aromatic nitrogens is 2. The molecule has 0 amide bonds. The van der Waals surface area contributed by atoms with Crippen molar-refractivity contribution in [2.24, 2.45) is 0 Å². The quantitative estimate of drug-likeness (QED) is 0.558. The second-order valence-corrected chi connectivity index (χ2v) is 2.82. The highest BCUT2D eigenvalue weighted by atomic mass is 19.1. The van der Waals surface area contributed by atoms with Crippen molar-refractivity contribution >= 4 is 5.69 Å². The third-order valence-electron chi connectivity index (χ3n) is 1.90. The van der Waals surface area contributed by atoms with Crippen LogP contribution in [-0.2, 0) is 0 Å². The van der Waals surface area contributed by atoms with Crippen LogP contribution < -0.4 is 0 Å². The van der Waals surface area contributed by atoms with Gasteiger partial charge in [-0.1, -0.05) is 6.07 Å². The first-order chi connectivity index (χ1) is 7.20. The summed E-state index contributed by atoms with van der Waals surface area (Å²) in [5.74, 6) is -0.868. The lowest BCUT2D eigenvalue weighted by Gasteiger charge is -2.02. The molecular weight excluding hydrogens is 201 g/mol. The van der Waals surface area contributed by atoms with Crippen LogP contribution in [0, 0.1) is 15.9 Å². The molecule has 1 heterocycles. The Balaban J connectivity index is 2.66. The van der Waals surface area contributed by atoms with Crippen molar-refractivity contribution < 1.29 is 9.31 Å². The normalized spacial score (nSPS) is 10.2. The zero-order chi connectivity index (χ0) is 10.8. The first kappa shape index (κ1) is 9.32. The fourth-order valence-electron chi connectivity index (χ4n) is 1.28. The fourth-order valence-corrected chi connectivity index (χ4v) is 1.28. The second kappa shape index (κ2) is 3.49. The Morgan fingerprint density at radius 2 is 2.20 bits per heavy atom. The highest BCUT2D eigenvalue weighted by Crippen LogP contribution is 2.24. The average Bonchev–Trinajstić information content (AvgIpc) is 2.69. The number of hydrogen-bond donors (Lipinski definition) is 0. The third kappa shape index (κ3) is 1.56. The Bertz CT molecular complexity index is 496. The van der Waals surface area contributed by atoms with Crippen LogP contribution in [0.2, 0.25) is 0 Å². The Kier molecular flexibility index (Phi) is 2.17. The smallest absolute Gasteiger partial charge is 0.258 e. The maximum absolute atomic E-state index is 13.2. The van der Waals surface area contributed by atoms with Gasteiger partial charge in [-0.25, -0.2) is 4.68 Å². The van der Waals surface area contributed by atoms with E-state index in [2.05, 4.69) is 5.10 Å². The van der Waals surface area contributed by atoms with Gasteiger partial charge < -0.3 is 0 Å². The van der Waals surface area contributed by atoms with Crippen LogP contribution >= 0.6 is 0 Å². The monoisotopic (exact) mass is 207 g/mol. The molecule has 0 saturated carbocycles. The van der Waals surface area contributed by atoms with E-state index in [1.54, 1.807) is 6.07 Å². The van der Waals surface area contributed by atoms with Gasteiger partial charge in [-0.2, -0.15) is 9.49 Å². The molecule has 0 radical (unpaired) electrons. The van der Waals surface area contributed by atoms with Crippen LogP contribution in [-0.4, -0.2) is 14.7 Å². The predicted molar refractivity (Wildman–Crippen MR) is 50.2 cm³/mol. The molecule has 0 unspecified atom stereocenters. The van der Waals surface area contributed by atoms with Crippen LogP contribution in [0.4, 0.5) is 10.1 Å². The first-order valence-electron chi connectivity index (χ1n) is 4.13. The van der Waals surface area contributed by atoms with Crippen molar-refractivity contribution in [3.05, 3.63) is 52.6 Å². The number of nitrogens with zero attached hydrogens (tertiary/aromatic N) is 3. The van der Waals surface area contributed by atoms with Crippen molar-refractivity contribution in [1.29, 1.82) is 0 Å². The molecule has 2 aromatic rings. The summed E-state index contributed by atoms with van der Waals surface area (Å²) in [6.45, 7) is 0. The number of nitro groups is 1. The van der Waals surface area contributed by atoms with Crippen LogP contribution in [0.15, 0.2) is 36.7 Å². The molecule has 0 fully saturated rings. The molecule has 0 atom stereocenters. The molecule has 0 bridgehead atoms. The molecule has 76 valence electrons. The van der Waals surface area contributed by atoms with E-state index in [-0.39, 0.29) is 5.69 Å². The minimum atomic E-state index is -0.868. The summed E-state index contributed by atoms with van der Waals surface area (Å²) >= 11 is 0. The lowest BCUT2D eigenvalue weighted by molar-refractivity contribution is -0.387. The van der Waals surface area contributed by atoms with Crippen LogP contribution in [0.1, 0.15) is 0 Å². The third-order valence-corrected chi connectivity index (χ3v) is 1.90. The Labute approximate surface area is 83.9 Å². The Morgan fingerprint density at radius 1 is 1.40 bits per heavy atom. The average molecular weight is 207 g/mol. The lowest BCUT2D eigenvalue weighted by Crippen LogP contribution is -2.02. The van der Waals surface area contributed by atoms with Gasteiger partial charge in [0.15, 0.2) is 0 Å². The Morgan fingerprint density at radius 3 is 2.80 bits per heavy atom. The molecule has 5 nitrogen and oxygen atoms in total. The van der Waals surface area contributed by atoms with Gasteiger partial charge in [0.05, 0.1) is 4.92 Å². The van der Waals surface area contributed by atoms with Gasteiger partial charge in [0.1, 0.15) is 5.69 Å². The van der Waals surface area contributed by atoms with Crippen molar-refractivity contribution in [2.75, 3.05) is 0 Å². The minimum Gasteiger partial charge on any atom is -0.258 e.